The molecule has 3 aromatic heterocycles. The number of ether oxygens (including phenoxy) is 2. The smallest absolute Gasteiger partial charge is 0.416 e. The second-order valence-corrected chi connectivity index (χ2v) is 12.2. The number of benzene rings is 1. The number of halogens is 4. The molecule has 0 bridgehead atoms. The lowest BCUT2D eigenvalue weighted by atomic mass is 9.81. The first-order chi connectivity index (χ1) is 24.0. The highest BCUT2D eigenvalue weighted by molar-refractivity contribution is 6.33. The van der Waals surface area contributed by atoms with Crippen LogP contribution in [0.25, 0.3) is 11.4 Å². The molecule has 17 heteroatoms. The lowest BCUT2D eigenvalue weighted by Gasteiger charge is -2.44. The van der Waals surface area contributed by atoms with E-state index in [9.17, 15) is 32.7 Å². The number of carbonyl (C=O) groups excluding carboxylic acids is 2. The third kappa shape index (κ3) is 6.69. The van der Waals surface area contributed by atoms with E-state index in [4.69, 9.17) is 26.1 Å². The van der Waals surface area contributed by atoms with Crippen LogP contribution in [0.2, 0.25) is 5.02 Å². The Morgan fingerprint density at radius 2 is 1.96 bits per heavy atom. The summed E-state index contributed by atoms with van der Waals surface area (Å²) in [6, 6.07) is 5.73. The van der Waals surface area contributed by atoms with Crippen LogP contribution in [0.1, 0.15) is 59.3 Å². The van der Waals surface area contributed by atoms with Crippen molar-refractivity contribution in [3.63, 3.8) is 0 Å². The second kappa shape index (κ2) is 14.2. The van der Waals surface area contributed by atoms with Gasteiger partial charge in [0.25, 0.3) is 11.5 Å². The molecule has 1 fully saturated rings. The molecule has 13 nitrogen and oxygen atoms in total. The number of carbonyl (C=O) groups is 2. The summed E-state index contributed by atoms with van der Waals surface area (Å²) in [5.41, 5.74) is 0.859. The molecule has 3 aliphatic heterocycles. The van der Waals surface area contributed by atoms with Crippen LogP contribution >= 0.6 is 11.6 Å². The van der Waals surface area contributed by atoms with Gasteiger partial charge < -0.3 is 29.4 Å². The molecule has 1 saturated heterocycles. The fraction of sp³-hybridized carbons (Fsp3) is 0.394. The zero-order valence-corrected chi connectivity index (χ0v) is 27.6. The number of aromatic nitrogens is 5. The third-order valence-electron chi connectivity index (χ3n) is 8.95. The Bertz CT molecular complexity index is 2020. The monoisotopic (exact) mass is 715 g/mol. The number of hydrogen-bond acceptors (Lipinski definition) is 9. The molecule has 4 aromatic rings. The third-order valence-corrected chi connectivity index (χ3v) is 9.26. The molecule has 0 aliphatic carbocycles. The van der Waals surface area contributed by atoms with Gasteiger partial charge in [0.2, 0.25) is 12.2 Å². The van der Waals surface area contributed by atoms with Gasteiger partial charge in [0, 0.05) is 37.9 Å². The van der Waals surface area contributed by atoms with Crippen molar-refractivity contribution < 1.29 is 37.3 Å². The minimum Gasteiger partial charge on any atom is -0.505 e. The molecule has 1 aromatic carbocycles. The summed E-state index contributed by atoms with van der Waals surface area (Å²) >= 11 is 5.49. The molecule has 50 heavy (non-hydrogen) atoms. The standard InChI is InChI=1S/C25H28N6O5.C8H5ClF3NO/c1-2-30-17-7-15-36-25(8-11-29(12-9-25)23(34)20-18(32)4-3-10-26-20)19(17)22(33)31-24(30)27-21(28-31)16-5-13-35-14-6-16;9-6-3-5(8(10,11)12)1-2-7(6)13-4-14/h3-5,10,32H,2,6-9,11-15H2,1H3;1-4H,(H,13,14). The molecule has 3 aliphatic rings. The Hall–Kier alpha value is -4.80. The normalized spacial score (nSPS) is 17.1. The number of rotatable bonds is 5. The van der Waals surface area contributed by atoms with Crippen LogP contribution in [0.5, 0.6) is 5.75 Å². The molecule has 6 heterocycles. The second-order valence-electron chi connectivity index (χ2n) is 11.8. The van der Waals surface area contributed by atoms with Crippen LogP contribution in [-0.4, -0.2) is 79.4 Å². The summed E-state index contributed by atoms with van der Waals surface area (Å²) in [4.78, 5) is 47.4. The molecule has 0 saturated carbocycles. The van der Waals surface area contributed by atoms with Gasteiger partial charge in [-0.05, 0) is 62.1 Å². The predicted octanol–water partition coefficient (Wildman–Crippen LogP) is 4.45. The number of anilines is 1. The van der Waals surface area contributed by atoms with Crippen molar-refractivity contribution in [1.29, 1.82) is 0 Å². The first kappa shape index (κ1) is 35.0. The van der Waals surface area contributed by atoms with Crippen LogP contribution < -0.4 is 10.9 Å². The van der Waals surface area contributed by atoms with Crippen LogP contribution in [0.4, 0.5) is 18.9 Å². The van der Waals surface area contributed by atoms with Crippen LogP contribution in [0.3, 0.4) is 0 Å². The van der Waals surface area contributed by atoms with Crippen molar-refractivity contribution in [1.82, 2.24) is 29.0 Å². The summed E-state index contributed by atoms with van der Waals surface area (Å²) in [5.74, 6) is 0.632. The minimum absolute atomic E-state index is 0.0334. The maximum Gasteiger partial charge on any atom is 0.416 e. The number of aromatic hydroxyl groups is 1. The average molecular weight is 716 g/mol. The largest absolute Gasteiger partial charge is 0.505 e. The first-order valence-electron chi connectivity index (χ1n) is 15.9. The highest BCUT2D eigenvalue weighted by Crippen LogP contribution is 2.41. The topological polar surface area (TPSA) is 153 Å². The molecular weight excluding hydrogens is 683 g/mol. The fourth-order valence-corrected chi connectivity index (χ4v) is 6.72. The molecule has 7 rings (SSSR count). The van der Waals surface area contributed by atoms with E-state index < -0.39 is 17.3 Å². The van der Waals surface area contributed by atoms with Crippen molar-refractivity contribution in [2.45, 2.75) is 50.9 Å². The molecular formula is C33H33ClF3N7O6. The molecule has 0 unspecified atom stereocenters. The quantitative estimate of drug-likeness (QED) is 0.286. The highest BCUT2D eigenvalue weighted by atomic mass is 35.5. The van der Waals surface area contributed by atoms with E-state index in [0.29, 0.717) is 88.7 Å². The summed E-state index contributed by atoms with van der Waals surface area (Å²) in [6.07, 6.45) is 1.62. The van der Waals surface area contributed by atoms with Gasteiger partial charge in [-0.3, -0.25) is 14.4 Å². The maximum atomic E-state index is 13.9. The van der Waals surface area contributed by atoms with Gasteiger partial charge in [0.1, 0.15) is 11.4 Å². The first-order valence-corrected chi connectivity index (χ1v) is 16.3. The SMILES string of the molecule is CCn1c2c(c(=O)n3nc(C4=CCOCC4)nc13)C1(CCN(C(=O)c3ncccc3O)CC1)OCC2.O=CNc1ccc(C(F)(F)F)cc1Cl. The Balaban J connectivity index is 0.000000261. The number of amides is 2. The van der Waals surface area contributed by atoms with E-state index in [1.807, 2.05) is 13.0 Å². The number of likely N-dealkylation sites (tertiary alicyclic amines) is 1. The van der Waals surface area contributed by atoms with Gasteiger partial charge in [-0.1, -0.05) is 17.7 Å². The van der Waals surface area contributed by atoms with Gasteiger partial charge in [0.05, 0.1) is 41.7 Å². The molecule has 264 valence electrons. The Morgan fingerprint density at radius 1 is 1.18 bits per heavy atom. The number of piperidine rings is 1. The van der Waals surface area contributed by atoms with Crippen LogP contribution in [-0.2, 0) is 39.0 Å². The highest BCUT2D eigenvalue weighted by Gasteiger charge is 2.46. The summed E-state index contributed by atoms with van der Waals surface area (Å²) in [5, 5.41) is 16.7. The summed E-state index contributed by atoms with van der Waals surface area (Å²) in [6.45, 7) is 5.06. The fourth-order valence-electron chi connectivity index (χ4n) is 6.48. The van der Waals surface area contributed by atoms with Gasteiger partial charge in [-0.2, -0.15) is 22.7 Å². The van der Waals surface area contributed by atoms with Crippen LogP contribution in [0.15, 0.2) is 47.4 Å². The van der Waals surface area contributed by atoms with Gasteiger partial charge >= 0.3 is 6.18 Å². The number of nitrogens with one attached hydrogen (secondary N) is 1. The number of nitrogens with zero attached hydrogens (tertiary/aromatic N) is 6. The predicted molar refractivity (Wildman–Crippen MR) is 175 cm³/mol. The lowest BCUT2D eigenvalue weighted by molar-refractivity contribution is -0.137. The van der Waals surface area contributed by atoms with Gasteiger partial charge in [-0.15, -0.1) is 5.10 Å². The minimum atomic E-state index is -4.43. The molecule has 0 atom stereocenters. The van der Waals surface area contributed by atoms with Crippen molar-refractivity contribution in [2.24, 2.45) is 0 Å². The molecule has 0 radical (unpaired) electrons. The molecule has 1 spiro atoms. The van der Waals surface area contributed by atoms with Gasteiger partial charge in [0.15, 0.2) is 11.5 Å². The zero-order valence-electron chi connectivity index (χ0n) is 26.9. The number of fused-ring (bicyclic) bond motifs is 3. The van der Waals surface area contributed by atoms with E-state index >= 15 is 0 Å². The van der Waals surface area contributed by atoms with Crippen LogP contribution in [0, 0.1) is 0 Å². The molecule has 2 N–H and O–H groups in total. The van der Waals surface area contributed by atoms with E-state index in [0.717, 1.165) is 29.5 Å². The summed E-state index contributed by atoms with van der Waals surface area (Å²) < 4.78 is 51.6. The van der Waals surface area contributed by atoms with Crippen molar-refractivity contribution >= 4 is 41.0 Å². The average Bonchev–Trinajstić information content (AvgIpc) is 3.56. The summed E-state index contributed by atoms with van der Waals surface area (Å²) in [7, 11) is 0. The van der Waals surface area contributed by atoms with Gasteiger partial charge in [-0.25, -0.2) is 4.98 Å². The van der Waals surface area contributed by atoms with Crippen molar-refractivity contribution in [2.75, 3.05) is 38.2 Å². The van der Waals surface area contributed by atoms with E-state index in [-0.39, 0.29) is 33.6 Å². The lowest BCUT2D eigenvalue weighted by Crippen LogP contribution is -2.52. The number of hydrogen-bond donors (Lipinski definition) is 2. The Kier molecular flexibility index (Phi) is 9.96. The van der Waals surface area contributed by atoms with E-state index in [2.05, 4.69) is 20.0 Å². The Labute approximate surface area is 288 Å². The zero-order chi connectivity index (χ0) is 35.6. The number of aryl methyl sites for hydroxylation is 1. The Morgan fingerprint density at radius 3 is 2.60 bits per heavy atom. The number of alkyl halides is 3. The maximum absolute atomic E-state index is 13.9. The van der Waals surface area contributed by atoms with Crippen molar-refractivity contribution in [3.05, 3.63) is 86.3 Å². The van der Waals surface area contributed by atoms with E-state index in [1.165, 1.54) is 16.8 Å². The van der Waals surface area contributed by atoms with Crippen molar-refractivity contribution in [3.8, 4) is 5.75 Å². The molecule has 2 amide bonds. The number of pyridine rings is 1. The van der Waals surface area contributed by atoms with E-state index in [1.54, 1.807) is 11.0 Å².